The number of rotatable bonds is 8. The molecule has 3 aliphatic rings. The first kappa shape index (κ1) is 21.2. The van der Waals surface area contributed by atoms with E-state index in [0.29, 0.717) is 23.1 Å². The number of Topliss-reactive ketones (excluding diaryl/α,β-unsaturated/α-hetero) is 1. The largest absolute Gasteiger partial charge is 0.486 e. The summed E-state index contributed by atoms with van der Waals surface area (Å²) in [6, 6.07) is 13.5. The van der Waals surface area contributed by atoms with Gasteiger partial charge in [-0.3, -0.25) is 4.79 Å². The fourth-order valence-corrected chi connectivity index (χ4v) is 5.20. The van der Waals surface area contributed by atoms with Crippen molar-refractivity contribution in [3.8, 4) is 17.0 Å². The van der Waals surface area contributed by atoms with Gasteiger partial charge in [-0.1, -0.05) is 35.3 Å². The van der Waals surface area contributed by atoms with Gasteiger partial charge in [-0.25, -0.2) is 14.4 Å². The normalized spacial score (nSPS) is 23.1. The Labute approximate surface area is 194 Å². The van der Waals surface area contributed by atoms with Crippen LogP contribution in [0.2, 0.25) is 10.0 Å². The van der Waals surface area contributed by atoms with Crippen LogP contribution < -0.4 is 10.1 Å². The number of ether oxygens (including phenoxy) is 1. The van der Waals surface area contributed by atoms with Crippen LogP contribution in [0.3, 0.4) is 0 Å². The van der Waals surface area contributed by atoms with Crippen LogP contribution in [0.15, 0.2) is 54.7 Å². The van der Waals surface area contributed by atoms with E-state index in [0.717, 1.165) is 30.5 Å². The summed E-state index contributed by atoms with van der Waals surface area (Å²) in [6.07, 6.45) is 4.89. The van der Waals surface area contributed by atoms with Crippen molar-refractivity contribution in [3.63, 3.8) is 0 Å². The molecule has 1 aromatic heterocycles. The van der Waals surface area contributed by atoms with Crippen LogP contribution in [-0.4, -0.2) is 27.9 Å². The topological polar surface area (TPSA) is 64.1 Å². The molecule has 3 aliphatic carbocycles. The molecule has 0 saturated heterocycles. The highest BCUT2D eigenvalue weighted by Crippen LogP contribution is 2.69. The van der Waals surface area contributed by atoms with Crippen molar-refractivity contribution < 1.29 is 13.9 Å². The van der Waals surface area contributed by atoms with Gasteiger partial charge in [0.2, 0.25) is 5.95 Å². The SMILES string of the molecule is O=C(COc1ccc(Cl)c(F)c1)CC12CC(Nc3nccc(-c4ccc(Cl)cc4)n3)(C1)C2. The Hall–Kier alpha value is -2.70. The van der Waals surface area contributed by atoms with Crippen molar-refractivity contribution in [3.05, 3.63) is 70.6 Å². The van der Waals surface area contributed by atoms with Gasteiger partial charge in [-0.2, -0.15) is 0 Å². The molecule has 0 aliphatic heterocycles. The van der Waals surface area contributed by atoms with Crippen LogP contribution in [0.1, 0.15) is 25.7 Å². The molecule has 0 atom stereocenters. The Kier molecular flexibility index (Phi) is 5.30. The van der Waals surface area contributed by atoms with Crippen LogP contribution in [-0.2, 0) is 4.79 Å². The number of carbonyl (C=O) groups is 1. The third-order valence-corrected chi connectivity index (χ3v) is 6.73. The van der Waals surface area contributed by atoms with Crippen LogP contribution in [0.4, 0.5) is 10.3 Å². The Morgan fingerprint density at radius 3 is 2.56 bits per heavy atom. The molecule has 5 nitrogen and oxygen atoms in total. The lowest BCUT2D eigenvalue weighted by Crippen LogP contribution is -2.71. The summed E-state index contributed by atoms with van der Waals surface area (Å²) in [6.45, 7) is -0.0739. The van der Waals surface area contributed by atoms with Crippen molar-refractivity contribution in [1.82, 2.24) is 9.97 Å². The van der Waals surface area contributed by atoms with Gasteiger partial charge in [0.1, 0.15) is 18.2 Å². The Morgan fingerprint density at radius 2 is 1.84 bits per heavy atom. The molecule has 1 N–H and O–H groups in total. The summed E-state index contributed by atoms with van der Waals surface area (Å²) in [5, 5.41) is 4.17. The second-order valence-corrected chi connectivity index (χ2v) is 9.63. The zero-order valence-corrected chi connectivity index (χ0v) is 18.6. The maximum absolute atomic E-state index is 13.5. The number of nitrogens with zero attached hydrogens (tertiary/aromatic N) is 2. The number of anilines is 1. The predicted octanol–water partition coefficient (Wildman–Crippen LogP) is 5.96. The molecule has 3 saturated carbocycles. The number of carbonyl (C=O) groups excluding carboxylic acids is 1. The molecular formula is C24H20Cl2FN3O2. The average molecular weight is 472 g/mol. The van der Waals surface area contributed by atoms with Gasteiger partial charge in [-0.15, -0.1) is 0 Å². The number of ketones is 1. The highest BCUT2D eigenvalue weighted by Gasteiger charge is 2.68. The lowest BCUT2D eigenvalue weighted by molar-refractivity contribution is -0.147. The Morgan fingerprint density at radius 1 is 1.09 bits per heavy atom. The van der Waals surface area contributed by atoms with E-state index in [-0.39, 0.29) is 28.4 Å². The number of hydrogen-bond acceptors (Lipinski definition) is 5. The van der Waals surface area contributed by atoms with Crippen molar-refractivity contribution >= 4 is 34.9 Å². The van der Waals surface area contributed by atoms with Crippen molar-refractivity contribution in [2.45, 2.75) is 31.2 Å². The summed E-state index contributed by atoms with van der Waals surface area (Å²) in [4.78, 5) is 21.4. The van der Waals surface area contributed by atoms with Gasteiger partial charge in [0.05, 0.1) is 10.7 Å². The first-order valence-electron chi connectivity index (χ1n) is 10.3. The summed E-state index contributed by atoms with van der Waals surface area (Å²) in [5.41, 5.74) is 1.78. The van der Waals surface area contributed by atoms with Gasteiger partial charge < -0.3 is 10.1 Å². The fraction of sp³-hybridized carbons (Fsp3) is 0.292. The molecule has 8 heteroatoms. The number of halogens is 3. The van der Waals surface area contributed by atoms with Crippen LogP contribution >= 0.6 is 23.2 Å². The van der Waals surface area contributed by atoms with Gasteiger partial charge in [0.25, 0.3) is 0 Å². The standard InChI is InChI=1S/C24H20Cl2FN3O2/c25-16-3-1-15(2-4-16)21-7-8-28-22(29-21)30-24-12-23(13-24,14-24)10-17(31)11-32-18-5-6-19(26)20(27)9-18/h1-9H,10-14H2,(H,28,29,30). The zero-order chi connectivity index (χ0) is 22.3. The number of aromatic nitrogens is 2. The third-order valence-electron chi connectivity index (χ3n) is 6.18. The summed E-state index contributed by atoms with van der Waals surface area (Å²) < 4.78 is 18.9. The van der Waals surface area contributed by atoms with E-state index in [4.69, 9.17) is 27.9 Å². The van der Waals surface area contributed by atoms with Crippen LogP contribution in [0.25, 0.3) is 11.3 Å². The smallest absolute Gasteiger partial charge is 0.223 e. The number of nitrogens with one attached hydrogen (secondary N) is 1. The van der Waals surface area contributed by atoms with E-state index in [9.17, 15) is 9.18 Å². The number of benzene rings is 2. The van der Waals surface area contributed by atoms with E-state index >= 15 is 0 Å². The van der Waals surface area contributed by atoms with E-state index in [1.54, 1.807) is 12.3 Å². The molecular weight excluding hydrogens is 452 g/mol. The van der Waals surface area contributed by atoms with Crippen LogP contribution in [0, 0.1) is 11.2 Å². The monoisotopic (exact) mass is 471 g/mol. The summed E-state index contributed by atoms with van der Waals surface area (Å²) in [5.74, 6) is 0.333. The molecule has 3 aromatic rings. The molecule has 0 radical (unpaired) electrons. The van der Waals surface area contributed by atoms with E-state index in [1.807, 2.05) is 30.3 Å². The molecule has 0 unspecified atom stereocenters. The molecule has 0 spiro atoms. The van der Waals surface area contributed by atoms with Crippen LogP contribution in [0.5, 0.6) is 5.75 Å². The second kappa shape index (κ2) is 8.01. The minimum Gasteiger partial charge on any atom is -0.486 e. The van der Waals surface area contributed by atoms with Gasteiger partial charge in [0, 0.05) is 34.8 Å². The molecule has 3 fully saturated rings. The van der Waals surface area contributed by atoms with E-state index < -0.39 is 5.82 Å². The minimum atomic E-state index is -0.564. The molecule has 6 rings (SSSR count). The highest BCUT2D eigenvalue weighted by atomic mass is 35.5. The first-order chi connectivity index (χ1) is 15.3. The third kappa shape index (κ3) is 4.17. The van der Waals surface area contributed by atoms with Gasteiger partial charge in [-0.05, 0) is 55.0 Å². The zero-order valence-electron chi connectivity index (χ0n) is 17.1. The molecule has 1 heterocycles. The first-order valence-corrected chi connectivity index (χ1v) is 11.1. The molecule has 164 valence electrons. The fourth-order valence-electron chi connectivity index (χ4n) is 4.96. The average Bonchev–Trinajstić information content (AvgIpc) is 2.73. The van der Waals surface area contributed by atoms with E-state index in [1.165, 1.54) is 12.1 Å². The highest BCUT2D eigenvalue weighted by molar-refractivity contribution is 6.31. The molecule has 2 bridgehead atoms. The lowest BCUT2D eigenvalue weighted by Gasteiger charge is -2.70. The minimum absolute atomic E-state index is 0.00893. The van der Waals surface area contributed by atoms with Crippen molar-refractivity contribution in [1.29, 1.82) is 0 Å². The van der Waals surface area contributed by atoms with Gasteiger partial charge >= 0.3 is 0 Å². The summed E-state index contributed by atoms with van der Waals surface area (Å²) in [7, 11) is 0. The van der Waals surface area contributed by atoms with Crippen molar-refractivity contribution in [2.24, 2.45) is 5.41 Å². The quantitative estimate of drug-likeness (QED) is 0.438. The second-order valence-electron chi connectivity index (χ2n) is 8.79. The molecule has 32 heavy (non-hydrogen) atoms. The maximum atomic E-state index is 13.5. The van der Waals surface area contributed by atoms with Gasteiger partial charge in [0.15, 0.2) is 5.78 Å². The molecule has 0 amide bonds. The predicted molar refractivity (Wildman–Crippen MR) is 122 cm³/mol. The number of hydrogen-bond donors (Lipinski definition) is 1. The maximum Gasteiger partial charge on any atom is 0.223 e. The van der Waals surface area contributed by atoms with E-state index in [2.05, 4.69) is 15.3 Å². The van der Waals surface area contributed by atoms with Crippen molar-refractivity contribution in [2.75, 3.05) is 11.9 Å². The molecule has 2 aromatic carbocycles. The lowest BCUT2D eigenvalue weighted by atomic mass is 9.38. The Bertz CT molecular complexity index is 1170. The Balaban J connectivity index is 1.13. The summed E-state index contributed by atoms with van der Waals surface area (Å²) >= 11 is 11.6.